The van der Waals surface area contributed by atoms with Gasteiger partial charge in [0.2, 0.25) is 0 Å². The van der Waals surface area contributed by atoms with E-state index in [0.29, 0.717) is 6.04 Å². The molecule has 1 unspecified atom stereocenters. The van der Waals surface area contributed by atoms with Crippen molar-refractivity contribution < 1.29 is 0 Å². The molecule has 0 aromatic carbocycles. The van der Waals surface area contributed by atoms with E-state index in [9.17, 15) is 0 Å². The smallest absolute Gasteiger partial charge is 0.0114 e. The van der Waals surface area contributed by atoms with Crippen LogP contribution in [-0.2, 0) is 0 Å². The average molecular weight is 140 g/mol. The van der Waals surface area contributed by atoms with Crippen molar-refractivity contribution in [3.63, 3.8) is 0 Å². The number of hydrogen-bond donors (Lipinski definition) is 1. The van der Waals surface area contributed by atoms with Crippen molar-refractivity contribution in [2.45, 2.75) is 31.8 Å². The summed E-state index contributed by atoms with van der Waals surface area (Å²) in [6.45, 7) is 4.72. The molecule has 0 radical (unpaired) electrons. The van der Waals surface area contributed by atoms with Gasteiger partial charge < -0.3 is 10.6 Å². The fourth-order valence-electron chi connectivity index (χ4n) is 2.47. The van der Waals surface area contributed by atoms with Gasteiger partial charge in [-0.3, -0.25) is 0 Å². The number of likely N-dealkylation sites (tertiary alicyclic amines) is 1. The fourth-order valence-corrected chi connectivity index (χ4v) is 2.47. The van der Waals surface area contributed by atoms with Crippen LogP contribution >= 0.6 is 0 Å². The minimum absolute atomic E-state index is 0.521. The molecule has 2 rings (SSSR count). The predicted molar refractivity (Wildman–Crippen MR) is 41.7 cm³/mol. The zero-order chi connectivity index (χ0) is 7.14. The summed E-state index contributed by atoms with van der Waals surface area (Å²) in [5.41, 5.74) is 5.91. The van der Waals surface area contributed by atoms with Crippen LogP contribution in [0.5, 0.6) is 0 Å². The maximum absolute atomic E-state index is 5.91. The lowest BCUT2D eigenvalue weighted by atomic mass is 10.0. The highest BCUT2D eigenvalue weighted by atomic mass is 15.2. The lowest BCUT2D eigenvalue weighted by molar-refractivity contribution is 0.210. The quantitative estimate of drug-likeness (QED) is 0.572. The number of nitrogens with two attached hydrogens (primary N) is 1. The molecule has 10 heavy (non-hydrogen) atoms. The summed E-state index contributed by atoms with van der Waals surface area (Å²) in [4.78, 5) is 2.56. The zero-order valence-electron chi connectivity index (χ0n) is 6.59. The number of fused-ring (bicyclic) bond motifs is 2. The average Bonchev–Trinajstić information content (AvgIpc) is 2.44. The Morgan fingerprint density at radius 3 is 2.70 bits per heavy atom. The molecule has 0 aromatic heterocycles. The topological polar surface area (TPSA) is 29.3 Å². The van der Waals surface area contributed by atoms with Crippen LogP contribution in [0.2, 0.25) is 0 Å². The Hall–Kier alpha value is -0.0800. The van der Waals surface area contributed by atoms with Gasteiger partial charge in [0.05, 0.1) is 0 Å². The van der Waals surface area contributed by atoms with Crippen molar-refractivity contribution in [1.29, 1.82) is 0 Å². The molecule has 2 fully saturated rings. The summed E-state index contributed by atoms with van der Waals surface area (Å²) in [6, 6.07) is 1.36. The number of hydrogen-bond acceptors (Lipinski definition) is 2. The van der Waals surface area contributed by atoms with E-state index in [1.165, 1.54) is 25.9 Å². The molecule has 1 aliphatic heterocycles. The maximum Gasteiger partial charge on any atom is 0.0114 e. The van der Waals surface area contributed by atoms with Gasteiger partial charge in [-0.05, 0) is 25.3 Å². The Bertz CT molecular complexity index is 133. The minimum Gasteiger partial charge on any atom is -0.327 e. The van der Waals surface area contributed by atoms with Gasteiger partial charge in [0.1, 0.15) is 0 Å². The van der Waals surface area contributed by atoms with Crippen molar-refractivity contribution in [1.82, 2.24) is 4.90 Å². The van der Waals surface area contributed by atoms with E-state index in [-0.39, 0.29) is 0 Å². The van der Waals surface area contributed by atoms with Crippen LogP contribution in [0.25, 0.3) is 0 Å². The molecule has 3 atom stereocenters. The lowest BCUT2D eigenvalue weighted by Gasteiger charge is -2.28. The summed E-state index contributed by atoms with van der Waals surface area (Å²) < 4.78 is 0. The second-order valence-corrected chi connectivity index (χ2v) is 3.64. The highest BCUT2D eigenvalue weighted by molar-refractivity contribution is 4.98. The van der Waals surface area contributed by atoms with E-state index in [4.69, 9.17) is 5.73 Å². The standard InChI is InChI=1S/C8H16N2/c1-2-10-5-6-3-7(10)4-8(6)9/h6-8H,2-5,9H2,1H3/t6-,7-,8?/m0/s1. The highest BCUT2D eigenvalue weighted by Crippen LogP contribution is 2.36. The molecule has 58 valence electrons. The second kappa shape index (κ2) is 2.21. The molecule has 1 heterocycles. The van der Waals surface area contributed by atoms with Gasteiger partial charge in [-0.2, -0.15) is 0 Å². The number of nitrogens with zero attached hydrogens (tertiary/aromatic N) is 1. The molecule has 1 aliphatic carbocycles. The van der Waals surface area contributed by atoms with Gasteiger partial charge in [0.25, 0.3) is 0 Å². The first kappa shape index (κ1) is 6.62. The van der Waals surface area contributed by atoms with E-state index in [0.717, 1.165) is 12.0 Å². The third-order valence-corrected chi connectivity index (χ3v) is 3.12. The first-order valence-electron chi connectivity index (χ1n) is 4.31. The van der Waals surface area contributed by atoms with Gasteiger partial charge in [0.15, 0.2) is 0 Å². The molecule has 2 N–H and O–H groups in total. The molecule has 2 nitrogen and oxygen atoms in total. The summed E-state index contributed by atoms with van der Waals surface area (Å²) >= 11 is 0. The van der Waals surface area contributed by atoms with Crippen LogP contribution in [0.4, 0.5) is 0 Å². The molecule has 1 saturated heterocycles. The van der Waals surface area contributed by atoms with Crippen LogP contribution in [0.1, 0.15) is 19.8 Å². The molecule has 2 heteroatoms. The van der Waals surface area contributed by atoms with E-state index in [2.05, 4.69) is 11.8 Å². The van der Waals surface area contributed by atoms with Gasteiger partial charge in [-0.1, -0.05) is 6.92 Å². The van der Waals surface area contributed by atoms with E-state index >= 15 is 0 Å². The molecule has 0 amide bonds. The second-order valence-electron chi connectivity index (χ2n) is 3.64. The molecule has 0 spiro atoms. The number of piperidine rings is 1. The third kappa shape index (κ3) is 0.789. The van der Waals surface area contributed by atoms with E-state index < -0.39 is 0 Å². The summed E-state index contributed by atoms with van der Waals surface area (Å²) in [7, 11) is 0. The van der Waals surface area contributed by atoms with Crippen molar-refractivity contribution in [2.75, 3.05) is 13.1 Å². The van der Waals surface area contributed by atoms with Gasteiger partial charge in [-0.15, -0.1) is 0 Å². The molecule has 1 saturated carbocycles. The third-order valence-electron chi connectivity index (χ3n) is 3.12. The SMILES string of the molecule is CCN1C[C@@H]2C[C@H]1CC2N. The van der Waals surface area contributed by atoms with Crippen molar-refractivity contribution in [2.24, 2.45) is 11.7 Å². The van der Waals surface area contributed by atoms with Crippen LogP contribution in [0.3, 0.4) is 0 Å². The van der Waals surface area contributed by atoms with Gasteiger partial charge >= 0.3 is 0 Å². The minimum atomic E-state index is 0.521. The fraction of sp³-hybridized carbons (Fsp3) is 1.00. The Labute approximate surface area is 62.4 Å². The van der Waals surface area contributed by atoms with Crippen molar-refractivity contribution in [3.8, 4) is 0 Å². The summed E-state index contributed by atoms with van der Waals surface area (Å²) in [5, 5.41) is 0. The first-order valence-corrected chi connectivity index (χ1v) is 4.31. The monoisotopic (exact) mass is 140 g/mol. The van der Waals surface area contributed by atoms with Crippen LogP contribution in [0, 0.1) is 5.92 Å². The van der Waals surface area contributed by atoms with E-state index in [1.54, 1.807) is 0 Å². The Balaban J connectivity index is 2.02. The molecule has 2 bridgehead atoms. The zero-order valence-corrected chi connectivity index (χ0v) is 6.59. The van der Waals surface area contributed by atoms with Gasteiger partial charge in [-0.25, -0.2) is 0 Å². The maximum atomic E-state index is 5.91. The normalized spacial score (nSPS) is 46.8. The molecule has 2 aliphatic rings. The summed E-state index contributed by atoms with van der Waals surface area (Å²) in [5.74, 6) is 0.824. The molecular formula is C8H16N2. The molecular weight excluding hydrogens is 124 g/mol. The predicted octanol–water partition coefficient (Wildman–Crippen LogP) is 0.428. The molecule has 0 aromatic rings. The van der Waals surface area contributed by atoms with Crippen LogP contribution in [0.15, 0.2) is 0 Å². The number of rotatable bonds is 1. The van der Waals surface area contributed by atoms with Crippen molar-refractivity contribution >= 4 is 0 Å². The van der Waals surface area contributed by atoms with Crippen LogP contribution in [-0.4, -0.2) is 30.1 Å². The summed E-state index contributed by atoms with van der Waals surface area (Å²) in [6.07, 6.45) is 2.62. The van der Waals surface area contributed by atoms with Crippen molar-refractivity contribution in [3.05, 3.63) is 0 Å². The Kier molecular flexibility index (Phi) is 1.46. The van der Waals surface area contributed by atoms with Gasteiger partial charge in [0, 0.05) is 18.6 Å². The Morgan fingerprint density at radius 1 is 1.50 bits per heavy atom. The first-order chi connectivity index (χ1) is 4.81. The largest absolute Gasteiger partial charge is 0.327 e. The highest BCUT2D eigenvalue weighted by Gasteiger charge is 2.41. The Morgan fingerprint density at radius 2 is 2.30 bits per heavy atom. The van der Waals surface area contributed by atoms with E-state index in [1.807, 2.05) is 0 Å². The lowest BCUT2D eigenvalue weighted by Crippen LogP contribution is -2.40. The van der Waals surface area contributed by atoms with Crippen LogP contribution < -0.4 is 5.73 Å².